The number of benzene rings is 1. The lowest BCUT2D eigenvalue weighted by Crippen LogP contribution is -2.33. The van der Waals surface area contributed by atoms with Crippen LogP contribution in [0, 0.1) is 5.92 Å². The molecule has 0 bridgehead atoms. The number of hydrogen-bond donors (Lipinski definition) is 5. The summed E-state index contributed by atoms with van der Waals surface area (Å²) in [6.45, 7) is 0. The number of aromatic nitrogens is 3. The van der Waals surface area contributed by atoms with E-state index in [0.29, 0.717) is 16.9 Å². The van der Waals surface area contributed by atoms with Crippen LogP contribution in [0.5, 0.6) is 0 Å². The first kappa shape index (κ1) is 18.0. The molecule has 1 fully saturated rings. The first-order valence-electron chi connectivity index (χ1n) is 8.66. The molecule has 7 N–H and O–H groups in total. The second-order valence-electron chi connectivity index (χ2n) is 6.87. The largest absolute Gasteiger partial charge is 0.390 e. The molecule has 0 unspecified atom stereocenters. The zero-order valence-electron chi connectivity index (χ0n) is 14.4. The second-order valence-corrected chi connectivity index (χ2v) is 7.30. The van der Waals surface area contributed by atoms with Crippen LogP contribution in [-0.2, 0) is 0 Å². The fourth-order valence-corrected chi connectivity index (χ4v) is 4.12. The Balaban J connectivity index is 1.67. The number of fused-ring (bicyclic) bond motifs is 1. The van der Waals surface area contributed by atoms with Gasteiger partial charge in [-0.3, -0.25) is 0 Å². The summed E-state index contributed by atoms with van der Waals surface area (Å²) >= 11 is 5.94. The van der Waals surface area contributed by atoms with Crippen LogP contribution in [0.25, 0.3) is 11.0 Å². The van der Waals surface area contributed by atoms with Gasteiger partial charge in [-0.2, -0.15) is 5.10 Å². The van der Waals surface area contributed by atoms with Crippen LogP contribution in [0.3, 0.4) is 0 Å². The second kappa shape index (κ2) is 6.97. The SMILES string of the molecule is N/N=c1/nc[nH]c2c1ccn2[C@@H]1C[C@H]([C@H](N)c2ccc(Cl)cc2)[C@@H](O)[C@H]1O. The normalized spacial score (nSPS) is 27.3. The van der Waals surface area contributed by atoms with Gasteiger partial charge >= 0.3 is 0 Å². The Kier molecular flexibility index (Phi) is 4.65. The standard InChI is InChI=1S/C18H21ClN6O2/c19-10-3-1-9(2-4-10)14(20)12-7-13(16(27)15(12)26)25-6-5-11-17(24-21)22-8-23-18(11)25/h1-6,8,12-16,26-27H,7,20-21H2,(H,22,23,24)/t12-,13-,14-,15-,16+/m1/s1. The van der Waals surface area contributed by atoms with Crippen LogP contribution in [0.1, 0.15) is 24.1 Å². The van der Waals surface area contributed by atoms with Crippen molar-refractivity contribution in [1.82, 2.24) is 14.5 Å². The Morgan fingerprint density at radius 2 is 1.96 bits per heavy atom. The third-order valence-electron chi connectivity index (χ3n) is 5.44. The van der Waals surface area contributed by atoms with Crippen molar-refractivity contribution in [3.8, 4) is 0 Å². The lowest BCUT2D eigenvalue weighted by molar-refractivity contribution is 0.00222. The number of nitrogens with zero attached hydrogens (tertiary/aromatic N) is 3. The molecule has 4 rings (SSSR count). The molecular weight excluding hydrogens is 368 g/mol. The van der Waals surface area contributed by atoms with E-state index < -0.39 is 18.2 Å². The predicted molar refractivity (Wildman–Crippen MR) is 101 cm³/mol. The summed E-state index contributed by atoms with van der Waals surface area (Å²) in [6, 6.07) is 8.30. The molecule has 0 spiro atoms. The Morgan fingerprint density at radius 3 is 2.67 bits per heavy atom. The minimum Gasteiger partial charge on any atom is -0.390 e. The zero-order valence-corrected chi connectivity index (χ0v) is 15.2. The summed E-state index contributed by atoms with van der Waals surface area (Å²) in [6.07, 6.45) is 1.94. The minimum atomic E-state index is -0.955. The molecule has 0 radical (unpaired) electrons. The van der Waals surface area contributed by atoms with Crippen molar-refractivity contribution in [3.05, 3.63) is 58.9 Å². The maximum atomic E-state index is 10.7. The Morgan fingerprint density at radius 1 is 1.22 bits per heavy atom. The van der Waals surface area contributed by atoms with E-state index in [-0.39, 0.29) is 12.0 Å². The number of nitrogens with one attached hydrogen (secondary N) is 1. The average molecular weight is 389 g/mol. The van der Waals surface area contributed by atoms with Crippen molar-refractivity contribution < 1.29 is 10.2 Å². The number of aliphatic hydroxyl groups is 2. The van der Waals surface area contributed by atoms with Gasteiger partial charge in [0.05, 0.1) is 23.9 Å². The van der Waals surface area contributed by atoms with Crippen LogP contribution in [0.15, 0.2) is 48.0 Å². The molecule has 142 valence electrons. The van der Waals surface area contributed by atoms with Gasteiger partial charge in [-0.25, -0.2) is 4.98 Å². The van der Waals surface area contributed by atoms with E-state index in [9.17, 15) is 10.2 Å². The highest BCUT2D eigenvalue weighted by atomic mass is 35.5. The molecular formula is C18H21ClN6O2. The fraction of sp³-hybridized carbons (Fsp3) is 0.333. The molecule has 1 aliphatic rings. The number of hydrogen-bond acceptors (Lipinski definition) is 6. The average Bonchev–Trinajstić information content (AvgIpc) is 3.23. The third-order valence-corrected chi connectivity index (χ3v) is 5.69. The quantitative estimate of drug-likeness (QED) is 0.333. The van der Waals surface area contributed by atoms with Crippen molar-refractivity contribution in [2.45, 2.75) is 30.7 Å². The fourth-order valence-electron chi connectivity index (χ4n) is 3.99. The maximum absolute atomic E-state index is 10.7. The molecule has 2 heterocycles. The molecule has 0 amide bonds. The molecule has 3 aromatic rings. The summed E-state index contributed by atoms with van der Waals surface area (Å²) in [7, 11) is 0. The van der Waals surface area contributed by atoms with E-state index in [0.717, 1.165) is 16.6 Å². The molecule has 8 nitrogen and oxygen atoms in total. The molecule has 27 heavy (non-hydrogen) atoms. The van der Waals surface area contributed by atoms with Crippen LogP contribution in [0.2, 0.25) is 5.02 Å². The van der Waals surface area contributed by atoms with Crippen LogP contribution in [0.4, 0.5) is 0 Å². The lowest BCUT2D eigenvalue weighted by atomic mass is 9.90. The highest BCUT2D eigenvalue weighted by Gasteiger charge is 2.45. The van der Waals surface area contributed by atoms with Gasteiger partial charge in [-0.05, 0) is 30.2 Å². The summed E-state index contributed by atoms with van der Waals surface area (Å²) < 4.78 is 1.88. The minimum absolute atomic E-state index is 0.302. The van der Waals surface area contributed by atoms with Crippen LogP contribution >= 0.6 is 11.6 Å². The monoisotopic (exact) mass is 388 g/mol. The van der Waals surface area contributed by atoms with E-state index >= 15 is 0 Å². The van der Waals surface area contributed by atoms with Crippen molar-refractivity contribution in [2.75, 3.05) is 0 Å². The summed E-state index contributed by atoms with van der Waals surface area (Å²) in [5, 5.41) is 26.4. The van der Waals surface area contributed by atoms with Gasteiger partial charge in [0.2, 0.25) is 0 Å². The van der Waals surface area contributed by atoms with Gasteiger partial charge in [0.15, 0.2) is 5.49 Å². The van der Waals surface area contributed by atoms with Crippen molar-refractivity contribution >= 4 is 22.6 Å². The Bertz CT molecular complexity index is 1010. The van der Waals surface area contributed by atoms with Gasteiger partial charge in [0.25, 0.3) is 0 Å². The van der Waals surface area contributed by atoms with Gasteiger partial charge in [0, 0.05) is 23.2 Å². The predicted octanol–water partition coefficient (Wildman–Crippen LogP) is 0.775. The van der Waals surface area contributed by atoms with E-state index in [4.69, 9.17) is 23.2 Å². The highest BCUT2D eigenvalue weighted by molar-refractivity contribution is 6.30. The summed E-state index contributed by atoms with van der Waals surface area (Å²) in [5.41, 5.74) is 8.41. The molecule has 0 saturated heterocycles. The number of rotatable bonds is 3. The van der Waals surface area contributed by atoms with Crippen LogP contribution < -0.4 is 17.1 Å². The zero-order chi connectivity index (χ0) is 19.1. The first-order chi connectivity index (χ1) is 13.0. The highest BCUT2D eigenvalue weighted by Crippen LogP contribution is 2.42. The van der Waals surface area contributed by atoms with Crippen molar-refractivity contribution in [3.63, 3.8) is 0 Å². The Hall–Kier alpha value is -2.39. The lowest BCUT2D eigenvalue weighted by Gasteiger charge is -2.23. The maximum Gasteiger partial charge on any atom is 0.183 e. The summed E-state index contributed by atoms with van der Waals surface area (Å²) in [5.74, 6) is 5.09. The molecule has 9 heteroatoms. The molecule has 1 aromatic carbocycles. The molecule has 1 aliphatic carbocycles. The van der Waals surface area contributed by atoms with Crippen molar-refractivity contribution in [1.29, 1.82) is 0 Å². The smallest absolute Gasteiger partial charge is 0.183 e. The van der Waals surface area contributed by atoms with Gasteiger partial charge in [-0.15, -0.1) is 0 Å². The van der Waals surface area contributed by atoms with E-state index in [1.165, 1.54) is 6.33 Å². The number of H-pyrrole nitrogens is 1. The Labute approximate surface area is 160 Å². The molecule has 1 saturated carbocycles. The van der Waals surface area contributed by atoms with E-state index in [1.54, 1.807) is 12.1 Å². The van der Waals surface area contributed by atoms with Crippen LogP contribution in [-0.4, -0.2) is 37.0 Å². The first-order valence-corrected chi connectivity index (χ1v) is 9.04. The number of aliphatic hydroxyl groups excluding tert-OH is 2. The van der Waals surface area contributed by atoms with Crippen molar-refractivity contribution in [2.24, 2.45) is 22.6 Å². The third kappa shape index (κ3) is 3.00. The van der Waals surface area contributed by atoms with E-state index in [2.05, 4.69) is 15.1 Å². The van der Waals surface area contributed by atoms with Gasteiger partial charge in [0.1, 0.15) is 11.8 Å². The molecule has 2 aromatic heterocycles. The van der Waals surface area contributed by atoms with Gasteiger partial charge in [-0.1, -0.05) is 23.7 Å². The molecule has 5 atom stereocenters. The number of halogens is 1. The van der Waals surface area contributed by atoms with Gasteiger partial charge < -0.3 is 31.3 Å². The molecule has 0 aliphatic heterocycles. The number of nitrogens with two attached hydrogens (primary N) is 2. The topological polar surface area (TPSA) is 138 Å². The van der Waals surface area contributed by atoms with E-state index in [1.807, 2.05) is 29.0 Å². The number of aromatic amines is 1. The summed E-state index contributed by atoms with van der Waals surface area (Å²) in [4.78, 5) is 7.15.